The fraction of sp³-hybridized carbons (Fsp3) is 0. The highest BCUT2D eigenvalue weighted by atomic mass is 32.1. The van der Waals surface area contributed by atoms with Crippen LogP contribution in [0.3, 0.4) is 0 Å². The zero-order valence-electron chi connectivity index (χ0n) is 23.9. The first-order valence-electron chi connectivity index (χ1n) is 15.0. The van der Waals surface area contributed by atoms with Crippen molar-refractivity contribution in [2.45, 2.75) is 0 Å². The number of fused-ring (bicyclic) bond motifs is 7. The normalized spacial score (nSPS) is 11.6. The largest absolute Gasteiger partial charge is 0.310 e. The molecule has 0 bridgehead atoms. The highest BCUT2D eigenvalue weighted by Gasteiger charge is 2.16. The summed E-state index contributed by atoms with van der Waals surface area (Å²) in [7, 11) is 0. The van der Waals surface area contributed by atoms with Crippen LogP contribution in [0.2, 0.25) is 0 Å². The van der Waals surface area contributed by atoms with Gasteiger partial charge in [0.1, 0.15) is 0 Å². The van der Waals surface area contributed by atoms with Crippen molar-refractivity contribution in [3.05, 3.63) is 164 Å². The summed E-state index contributed by atoms with van der Waals surface area (Å²) in [5.41, 5.74) is 5.85. The number of hydrogen-bond donors (Lipinski definition) is 0. The topological polar surface area (TPSA) is 3.24 Å². The van der Waals surface area contributed by atoms with Crippen LogP contribution in [0.5, 0.6) is 0 Å². The monoisotopic (exact) mass is 577 g/mol. The molecule has 8 aromatic carbocycles. The van der Waals surface area contributed by atoms with Gasteiger partial charge in [0.05, 0.1) is 0 Å². The molecule has 0 atom stereocenters. The highest BCUT2D eigenvalue weighted by molar-refractivity contribution is 7.25. The van der Waals surface area contributed by atoms with Gasteiger partial charge in [-0.05, 0) is 98.0 Å². The second kappa shape index (κ2) is 10.1. The lowest BCUT2D eigenvalue weighted by Gasteiger charge is -2.26. The van der Waals surface area contributed by atoms with E-state index >= 15 is 0 Å². The summed E-state index contributed by atoms with van der Waals surface area (Å²) in [6, 6.07) is 59.8. The number of nitrogens with zero attached hydrogens (tertiary/aromatic N) is 1. The molecular weight excluding hydrogens is 551 g/mol. The van der Waals surface area contributed by atoms with Gasteiger partial charge in [0.25, 0.3) is 0 Å². The quantitative estimate of drug-likeness (QED) is 0.188. The molecule has 2 heteroatoms. The van der Waals surface area contributed by atoms with E-state index in [1.807, 2.05) is 11.3 Å². The molecule has 9 rings (SSSR count). The lowest BCUT2D eigenvalue weighted by atomic mass is 10.0. The third-order valence-corrected chi connectivity index (χ3v) is 9.93. The Morgan fingerprint density at radius 3 is 1.80 bits per heavy atom. The van der Waals surface area contributed by atoms with Crippen molar-refractivity contribution in [1.29, 1.82) is 0 Å². The van der Waals surface area contributed by atoms with Crippen molar-refractivity contribution in [2.75, 3.05) is 4.90 Å². The molecule has 44 heavy (non-hydrogen) atoms. The predicted molar refractivity (Wildman–Crippen MR) is 192 cm³/mol. The van der Waals surface area contributed by atoms with Gasteiger partial charge < -0.3 is 4.90 Å². The van der Waals surface area contributed by atoms with Crippen molar-refractivity contribution in [3.8, 4) is 11.1 Å². The second-order valence-electron chi connectivity index (χ2n) is 11.4. The molecule has 0 N–H and O–H groups in total. The van der Waals surface area contributed by atoms with Crippen LogP contribution in [0.25, 0.3) is 63.6 Å². The number of thiophene rings is 1. The molecule has 0 unspecified atom stereocenters. The molecule has 1 aromatic heterocycles. The molecule has 0 spiro atoms. The SMILES string of the molecule is c1ccc(-c2ccc(N(c3ccc4cc5sc6ccccc6c5cc4c3)c3ccc4c(ccc5ccccc54)c3)cc2)cc1. The minimum atomic E-state index is 1.13. The van der Waals surface area contributed by atoms with E-state index in [1.165, 1.54) is 63.6 Å². The van der Waals surface area contributed by atoms with Gasteiger partial charge >= 0.3 is 0 Å². The standard InChI is InChI=1S/C42H27NS/c1-2-8-28(9-3-1)29-16-19-34(20-17-29)43(36-22-23-38-32(24-36)15-14-30-10-4-5-11-37(30)38)35-21-18-31-27-42-40(26-33(31)25-35)39-12-6-7-13-41(39)44-42/h1-27H. The van der Waals surface area contributed by atoms with Crippen LogP contribution in [0.1, 0.15) is 0 Å². The Balaban J connectivity index is 1.23. The molecule has 1 nitrogen and oxygen atoms in total. The maximum atomic E-state index is 2.39. The average molecular weight is 578 g/mol. The number of rotatable bonds is 4. The van der Waals surface area contributed by atoms with Crippen molar-refractivity contribution < 1.29 is 0 Å². The van der Waals surface area contributed by atoms with E-state index in [0.29, 0.717) is 0 Å². The van der Waals surface area contributed by atoms with Crippen LogP contribution in [-0.2, 0) is 0 Å². The van der Waals surface area contributed by atoms with Crippen LogP contribution >= 0.6 is 11.3 Å². The van der Waals surface area contributed by atoms with Crippen LogP contribution < -0.4 is 4.90 Å². The van der Waals surface area contributed by atoms with E-state index in [0.717, 1.165) is 17.1 Å². The smallest absolute Gasteiger partial charge is 0.0468 e. The van der Waals surface area contributed by atoms with E-state index in [4.69, 9.17) is 0 Å². The minimum Gasteiger partial charge on any atom is -0.310 e. The summed E-state index contributed by atoms with van der Waals surface area (Å²) in [5, 5.41) is 10.2. The Morgan fingerprint density at radius 2 is 0.932 bits per heavy atom. The zero-order valence-corrected chi connectivity index (χ0v) is 24.8. The van der Waals surface area contributed by atoms with E-state index < -0.39 is 0 Å². The number of anilines is 3. The molecule has 0 fully saturated rings. The molecule has 0 saturated carbocycles. The molecule has 0 aliphatic carbocycles. The Kier molecular flexibility index (Phi) is 5.75. The Hall–Kier alpha value is -5.44. The van der Waals surface area contributed by atoms with Gasteiger partial charge in [-0.2, -0.15) is 0 Å². The Labute approximate surface area is 259 Å². The van der Waals surface area contributed by atoms with Crippen molar-refractivity contribution in [1.82, 2.24) is 0 Å². The maximum absolute atomic E-state index is 2.39. The van der Waals surface area contributed by atoms with Gasteiger partial charge in [-0.25, -0.2) is 0 Å². The maximum Gasteiger partial charge on any atom is 0.0468 e. The molecular formula is C42H27NS. The summed E-state index contributed by atoms with van der Waals surface area (Å²) < 4.78 is 2.67. The fourth-order valence-corrected chi connectivity index (χ4v) is 7.75. The van der Waals surface area contributed by atoms with Gasteiger partial charge in [-0.15, -0.1) is 11.3 Å². The third kappa shape index (κ3) is 4.15. The molecule has 1 heterocycles. The Morgan fingerprint density at radius 1 is 0.318 bits per heavy atom. The molecule has 0 aliphatic rings. The van der Waals surface area contributed by atoms with Crippen LogP contribution in [0.4, 0.5) is 17.1 Å². The van der Waals surface area contributed by atoms with E-state index in [1.54, 1.807) is 0 Å². The van der Waals surface area contributed by atoms with Crippen molar-refractivity contribution in [2.24, 2.45) is 0 Å². The highest BCUT2D eigenvalue weighted by Crippen LogP contribution is 2.41. The summed E-state index contributed by atoms with van der Waals surface area (Å²) in [4.78, 5) is 2.39. The van der Waals surface area contributed by atoms with Crippen LogP contribution in [-0.4, -0.2) is 0 Å². The molecule has 0 aliphatic heterocycles. The lowest BCUT2D eigenvalue weighted by Crippen LogP contribution is -2.10. The first-order valence-corrected chi connectivity index (χ1v) is 15.8. The number of benzene rings is 8. The minimum absolute atomic E-state index is 1.13. The van der Waals surface area contributed by atoms with Crippen LogP contribution in [0, 0.1) is 0 Å². The predicted octanol–water partition coefficient (Wildman–Crippen LogP) is 12.7. The third-order valence-electron chi connectivity index (χ3n) is 8.80. The van der Waals surface area contributed by atoms with E-state index in [-0.39, 0.29) is 0 Å². The van der Waals surface area contributed by atoms with Gasteiger partial charge in [0.15, 0.2) is 0 Å². The summed E-state index contributed by atoms with van der Waals surface area (Å²) >= 11 is 1.87. The molecule has 206 valence electrons. The summed E-state index contributed by atoms with van der Waals surface area (Å²) in [6.45, 7) is 0. The first-order chi connectivity index (χ1) is 21.8. The molecule has 0 saturated heterocycles. The number of hydrogen-bond acceptors (Lipinski definition) is 2. The van der Waals surface area contributed by atoms with Gasteiger partial charge in [-0.3, -0.25) is 0 Å². The molecule has 0 amide bonds. The van der Waals surface area contributed by atoms with Gasteiger partial charge in [-0.1, -0.05) is 109 Å². The average Bonchev–Trinajstić information content (AvgIpc) is 3.45. The first kappa shape index (κ1) is 25.1. The van der Waals surface area contributed by atoms with Gasteiger partial charge in [0, 0.05) is 37.2 Å². The summed E-state index contributed by atoms with van der Waals surface area (Å²) in [6.07, 6.45) is 0. The van der Waals surface area contributed by atoms with Gasteiger partial charge in [0.2, 0.25) is 0 Å². The molecule has 9 aromatic rings. The van der Waals surface area contributed by atoms with E-state index in [2.05, 4.69) is 169 Å². The van der Waals surface area contributed by atoms with Crippen LogP contribution in [0.15, 0.2) is 164 Å². The fourth-order valence-electron chi connectivity index (χ4n) is 6.62. The Bertz CT molecular complexity index is 2490. The lowest BCUT2D eigenvalue weighted by molar-refractivity contribution is 1.29. The van der Waals surface area contributed by atoms with E-state index in [9.17, 15) is 0 Å². The second-order valence-corrected chi connectivity index (χ2v) is 12.5. The zero-order chi connectivity index (χ0) is 29.0. The summed E-state index contributed by atoms with van der Waals surface area (Å²) in [5.74, 6) is 0. The molecule has 0 radical (unpaired) electrons. The van der Waals surface area contributed by atoms with Crippen molar-refractivity contribution >= 4 is 80.9 Å². The van der Waals surface area contributed by atoms with Crippen molar-refractivity contribution in [3.63, 3.8) is 0 Å².